The molecule has 8 atom stereocenters. The van der Waals surface area contributed by atoms with E-state index in [1.807, 2.05) is 0 Å². The third-order valence-corrected chi connectivity index (χ3v) is 8.84. The molecule has 24 heavy (non-hydrogen) atoms. The Balaban J connectivity index is 1.54. The van der Waals surface area contributed by atoms with E-state index in [0.29, 0.717) is 36.4 Å². The first-order valence-electron chi connectivity index (χ1n) is 10.2. The van der Waals surface area contributed by atoms with Gasteiger partial charge in [-0.1, -0.05) is 6.92 Å². The minimum Gasteiger partial charge on any atom is -0.387 e. The number of alkyl halides is 1. The molecule has 0 aromatic carbocycles. The van der Waals surface area contributed by atoms with Crippen molar-refractivity contribution in [2.75, 3.05) is 6.67 Å². The second-order valence-corrected chi connectivity index (χ2v) is 9.82. The summed E-state index contributed by atoms with van der Waals surface area (Å²) in [6, 6.07) is 0. The lowest BCUT2D eigenvalue weighted by Crippen LogP contribution is -2.51. The largest absolute Gasteiger partial charge is 0.387 e. The SMILES string of the molecule is CC(=O)[C@H]1CC[C@H]2[C@@H]3CCC4C[C@](O)(CF)CC[C@@H]4[C@H]3CC[C@]12C. The number of carbonyl (C=O) groups excluding carboxylic acids is 1. The first kappa shape index (κ1) is 17.0. The van der Waals surface area contributed by atoms with Gasteiger partial charge in [0.1, 0.15) is 12.5 Å². The molecule has 0 spiro atoms. The van der Waals surface area contributed by atoms with Crippen LogP contribution in [-0.4, -0.2) is 23.2 Å². The van der Waals surface area contributed by atoms with Crippen LogP contribution in [0.25, 0.3) is 0 Å². The van der Waals surface area contributed by atoms with E-state index in [4.69, 9.17) is 0 Å². The molecule has 1 unspecified atom stereocenters. The summed E-state index contributed by atoms with van der Waals surface area (Å²) in [5.41, 5.74) is -0.807. The summed E-state index contributed by atoms with van der Waals surface area (Å²) < 4.78 is 13.2. The van der Waals surface area contributed by atoms with E-state index in [9.17, 15) is 14.3 Å². The number of aliphatic hydroxyl groups is 1. The maximum absolute atomic E-state index is 13.2. The number of ketones is 1. The maximum Gasteiger partial charge on any atom is 0.133 e. The lowest BCUT2D eigenvalue weighted by Gasteiger charge is -2.56. The predicted octanol–water partition coefficient (Wildman–Crippen LogP) is 4.54. The van der Waals surface area contributed by atoms with Gasteiger partial charge in [-0.2, -0.15) is 0 Å². The average molecular weight is 336 g/mol. The zero-order valence-electron chi connectivity index (χ0n) is 15.3. The molecule has 0 saturated heterocycles. The van der Waals surface area contributed by atoms with Gasteiger partial charge in [0.2, 0.25) is 0 Å². The number of Topliss-reactive ketones (excluding diaryl/α,β-unsaturated/α-hetero) is 1. The summed E-state index contributed by atoms with van der Waals surface area (Å²) in [4.78, 5) is 12.1. The molecule has 0 aromatic heterocycles. The summed E-state index contributed by atoms with van der Waals surface area (Å²) in [7, 11) is 0. The van der Waals surface area contributed by atoms with Crippen molar-refractivity contribution in [3.63, 3.8) is 0 Å². The Labute approximate surface area is 145 Å². The van der Waals surface area contributed by atoms with Gasteiger partial charge in [0.15, 0.2) is 0 Å². The topological polar surface area (TPSA) is 37.3 Å². The Morgan fingerprint density at radius 2 is 1.79 bits per heavy atom. The molecule has 136 valence electrons. The smallest absolute Gasteiger partial charge is 0.133 e. The van der Waals surface area contributed by atoms with E-state index >= 15 is 0 Å². The van der Waals surface area contributed by atoms with Crippen LogP contribution in [0.1, 0.15) is 71.6 Å². The first-order valence-corrected chi connectivity index (χ1v) is 10.2. The molecular formula is C21H33FO2. The van der Waals surface area contributed by atoms with Crippen LogP contribution < -0.4 is 0 Å². The van der Waals surface area contributed by atoms with Crippen molar-refractivity contribution in [2.45, 2.75) is 77.2 Å². The first-order chi connectivity index (χ1) is 11.4. The highest BCUT2D eigenvalue weighted by Crippen LogP contribution is 2.64. The molecule has 4 rings (SSSR count). The number of fused-ring (bicyclic) bond motifs is 5. The van der Waals surface area contributed by atoms with Gasteiger partial charge in [-0.15, -0.1) is 0 Å². The highest BCUT2D eigenvalue weighted by Gasteiger charge is 2.58. The Morgan fingerprint density at radius 1 is 1.04 bits per heavy atom. The Bertz CT molecular complexity index is 520. The van der Waals surface area contributed by atoms with Crippen molar-refractivity contribution in [3.05, 3.63) is 0 Å². The van der Waals surface area contributed by atoms with E-state index in [-0.39, 0.29) is 11.3 Å². The number of rotatable bonds is 2. The van der Waals surface area contributed by atoms with Crippen LogP contribution in [0, 0.1) is 40.9 Å². The van der Waals surface area contributed by atoms with Crippen molar-refractivity contribution in [1.29, 1.82) is 0 Å². The van der Waals surface area contributed by atoms with Crippen molar-refractivity contribution in [1.82, 2.24) is 0 Å². The van der Waals surface area contributed by atoms with Gasteiger partial charge in [-0.3, -0.25) is 4.79 Å². The number of hydrogen-bond donors (Lipinski definition) is 1. The lowest BCUT2D eigenvalue weighted by atomic mass is 9.49. The monoisotopic (exact) mass is 336 g/mol. The molecule has 0 aromatic rings. The Morgan fingerprint density at radius 3 is 2.50 bits per heavy atom. The van der Waals surface area contributed by atoms with Gasteiger partial charge in [-0.05, 0) is 99.7 Å². The molecule has 4 aliphatic carbocycles. The molecule has 4 fully saturated rings. The van der Waals surface area contributed by atoms with Crippen molar-refractivity contribution < 1.29 is 14.3 Å². The molecule has 3 heteroatoms. The minimum atomic E-state index is -1.04. The van der Waals surface area contributed by atoms with Crippen LogP contribution in [0.15, 0.2) is 0 Å². The fourth-order valence-corrected chi connectivity index (χ4v) is 7.75. The normalized spacial score (nSPS) is 53.8. The second-order valence-electron chi connectivity index (χ2n) is 9.82. The molecule has 2 nitrogen and oxygen atoms in total. The fraction of sp³-hybridized carbons (Fsp3) is 0.952. The van der Waals surface area contributed by atoms with Crippen LogP contribution in [0.3, 0.4) is 0 Å². The van der Waals surface area contributed by atoms with Crippen molar-refractivity contribution >= 4 is 5.78 Å². The van der Waals surface area contributed by atoms with Gasteiger partial charge < -0.3 is 5.11 Å². The summed E-state index contributed by atoms with van der Waals surface area (Å²) in [5, 5.41) is 10.4. The van der Waals surface area contributed by atoms with E-state index in [2.05, 4.69) is 6.92 Å². The van der Waals surface area contributed by atoms with E-state index in [1.54, 1.807) is 6.92 Å². The Kier molecular flexibility index (Phi) is 4.10. The van der Waals surface area contributed by atoms with Crippen LogP contribution in [0.4, 0.5) is 4.39 Å². The number of halogens is 1. The third kappa shape index (κ3) is 2.40. The van der Waals surface area contributed by atoms with E-state index < -0.39 is 12.3 Å². The third-order valence-electron chi connectivity index (χ3n) is 8.84. The van der Waals surface area contributed by atoms with Gasteiger partial charge in [0.05, 0.1) is 5.60 Å². The molecule has 1 N–H and O–H groups in total. The fourth-order valence-electron chi connectivity index (χ4n) is 7.75. The quantitative estimate of drug-likeness (QED) is 0.803. The second kappa shape index (κ2) is 5.79. The zero-order valence-corrected chi connectivity index (χ0v) is 15.3. The molecule has 0 amide bonds. The molecule has 0 radical (unpaired) electrons. The predicted molar refractivity (Wildman–Crippen MR) is 92.2 cm³/mol. The van der Waals surface area contributed by atoms with Gasteiger partial charge >= 0.3 is 0 Å². The summed E-state index contributed by atoms with van der Waals surface area (Å²) in [6.45, 7) is 3.60. The van der Waals surface area contributed by atoms with Crippen molar-refractivity contribution in [2.24, 2.45) is 40.9 Å². The summed E-state index contributed by atoms with van der Waals surface area (Å²) >= 11 is 0. The highest BCUT2D eigenvalue weighted by molar-refractivity contribution is 5.79. The summed E-state index contributed by atoms with van der Waals surface area (Å²) in [6.07, 6.45) is 9.48. The van der Waals surface area contributed by atoms with E-state index in [0.717, 1.165) is 31.1 Å². The molecule has 4 aliphatic rings. The lowest BCUT2D eigenvalue weighted by molar-refractivity contribution is -0.131. The van der Waals surface area contributed by atoms with Gasteiger partial charge in [0, 0.05) is 5.92 Å². The van der Waals surface area contributed by atoms with Gasteiger partial charge in [0.25, 0.3) is 0 Å². The Hall–Kier alpha value is -0.440. The zero-order chi connectivity index (χ0) is 17.1. The average Bonchev–Trinajstić information content (AvgIpc) is 2.91. The molecule has 0 aliphatic heterocycles. The maximum atomic E-state index is 13.2. The number of hydrogen-bond acceptors (Lipinski definition) is 2. The van der Waals surface area contributed by atoms with Crippen LogP contribution in [0.5, 0.6) is 0 Å². The van der Waals surface area contributed by atoms with Crippen LogP contribution in [0.2, 0.25) is 0 Å². The van der Waals surface area contributed by atoms with E-state index in [1.165, 1.54) is 25.7 Å². The van der Waals surface area contributed by atoms with Crippen molar-refractivity contribution in [3.8, 4) is 0 Å². The molecular weight excluding hydrogens is 303 g/mol. The molecule has 0 bridgehead atoms. The van der Waals surface area contributed by atoms with Crippen LogP contribution in [-0.2, 0) is 4.79 Å². The number of carbonyl (C=O) groups is 1. The standard InChI is InChI=1S/C21H33FO2/c1-13(23)18-5-6-19-17-4-3-14-11-21(24,12-22)10-8-15(14)16(17)7-9-20(18,19)2/h14-19,24H,3-12H2,1-2H3/t14?,15-,16+,17+,18+,19-,20+,21-/m0/s1. The van der Waals surface area contributed by atoms with Crippen LogP contribution >= 0.6 is 0 Å². The summed E-state index contributed by atoms with van der Waals surface area (Å²) in [5.74, 6) is 4.14. The molecule has 4 saturated carbocycles. The highest BCUT2D eigenvalue weighted by atomic mass is 19.1. The van der Waals surface area contributed by atoms with Gasteiger partial charge in [-0.25, -0.2) is 4.39 Å². The molecule has 0 heterocycles. The minimum absolute atomic E-state index is 0.230.